The normalized spacial score (nSPS) is 25.3. The lowest BCUT2D eigenvalue weighted by Gasteiger charge is -2.27. The van der Waals surface area contributed by atoms with Gasteiger partial charge in [-0.05, 0) is 57.9 Å². The van der Waals surface area contributed by atoms with Gasteiger partial charge in [-0.3, -0.25) is 9.69 Å². The highest BCUT2D eigenvalue weighted by Crippen LogP contribution is 2.36. The minimum atomic E-state index is -0.00736. The third-order valence-electron chi connectivity index (χ3n) is 5.14. The number of rotatable bonds is 3. The summed E-state index contributed by atoms with van der Waals surface area (Å²) in [6.07, 6.45) is 5.11. The molecular formula is C18H26N2O. The quantitative estimate of drug-likeness (QED) is 0.798. The molecule has 0 bridgehead atoms. The van der Waals surface area contributed by atoms with Crippen LogP contribution in [0.1, 0.15) is 47.5 Å². The Hall–Kier alpha value is -1.19. The fourth-order valence-corrected chi connectivity index (χ4v) is 3.41. The molecule has 1 heterocycles. The Morgan fingerprint density at radius 3 is 2.38 bits per heavy atom. The molecule has 1 aliphatic carbocycles. The van der Waals surface area contributed by atoms with Gasteiger partial charge in [0, 0.05) is 12.1 Å². The van der Waals surface area contributed by atoms with Gasteiger partial charge >= 0.3 is 0 Å². The van der Waals surface area contributed by atoms with Crippen LogP contribution in [0.3, 0.4) is 0 Å². The van der Waals surface area contributed by atoms with Gasteiger partial charge in [-0.2, -0.15) is 0 Å². The van der Waals surface area contributed by atoms with Gasteiger partial charge in [0.25, 0.3) is 0 Å². The number of ketones is 1. The van der Waals surface area contributed by atoms with E-state index in [2.05, 4.69) is 36.0 Å². The summed E-state index contributed by atoms with van der Waals surface area (Å²) in [5.74, 6) is 1.01. The van der Waals surface area contributed by atoms with Crippen LogP contribution in [0.4, 0.5) is 0 Å². The van der Waals surface area contributed by atoms with Crippen molar-refractivity contribution in [1.29, 1.82) is 0 Å². The molecule has 3 heteroatoms. The summed E-state index contributed by atoms with van der Waals surface area (Å²) in [5.41, 5.74) is 2.27. The van der Waals surface area contributed by atoms with Crippen molar-refractivity contribution in [1.82, 2.24) is 9.80 Å². The third-order valence-corrected chi connectivity index (χ3v) is 5.14. The van der Waals surface area contributed by atoms with E-state index < -0.39 is 0 Å². The number of nitrogens with zero attached hydrogens (tertiary/aromatic N) is 2. The van der Waals surface area contributed by atoms with Crippen molar-refractivity contribution >= 4 is 5.78 Å². The zero-order valence-electron chi connectivity index (χ0n) is 13.2. The lowest BCUT2D eigenvalue weighted by atomic mass is 9.80. The Morgan fingerprint density at radius 2 is 1.76 bits per heavy atom. The molecular weight excluding hydrogens is 260 g/mol. The van der Waals surface area contributed by atoms with Crippen molar-refractivity contribution in [2.24, 2.45) is 0 Å². The van der Waals surface area contributed by atoms with Crippen LogP contribution < -0.4 is 0 Å². The number of hydrogen-bond donors (Lipinski definition) is 0. The van der Waals surface area contributed by atoms with Crippen molar-refractivity contribution in [2.45, 2.75) is 37.6 Å². The third kappa shape index (κ3) is 3.19. The van der Waals surface area contributed by atoms with E-state index in [-0.39, 0.29) is 11.8 Å². The molecule has 2 fully saturated rings. The molecule has 3 nitrogen and oxygen atoms in total. The van der Waals surface area contributed by atoms with E-state index in [9.17, 15) is 4.79 Å². The molecule has 0 spiro atoms. The number of carbonyl (C=O) groups is 1. The molecule has 1 atom stereocenters. The zero-order valence-corrected chi connectivity index (χ0v) is 13.2. The van der Waals surface area contributed by atoms with Gasteiger partial charge < -0.3 is 4.90 Å². The summed E-state index contributed by atoms with van der Waals surface area (Å²) in [4.78, 5) is 17.3. The van der Waals surface area contributed by atoms with Gasteiger partial charge in [0.2, 0.25) is 0 Å². The summed E-state index contributed by atoms with van der Waals surface area (Å²) >= 11 is 0. The largest absolute Gasteiger partial charge is 0.304 e. The second kappa shape index (κ2) is 6.29. The van der Waals surface area contributed by atoms with Gasteiger partial charge in [-0.1, -0.05) is 30.7 Å². The van der Waals surface area contributed by atoms with E-state index in [1.807, 2.05) is 12.1 Å². The van der Waals surface area contributed by atoms with Gasteiger partial charge in [0.1, 0.15) is 0 Å². The minimum Gasteiger partial charge on any atom is -0.304 e. The molecule has 1 aromatic carbocycles. The first-order chi connectivity index (χ1) is 10.1. The second-order valence-electron chi connectivity index (χ2n) is 6.73. The van der Waals surface area contributed by atoms with E-state index in [4.69, 9.17) is 0 Å². The van der Waals surface area contributed by atoms with Crippen LogP contribution in [0.5, 0.6) is 0 Å². The summed E-state index contributed by atoms with van der Waals surface area (Å²) in [7, 11) is 4.18. The average molecular weight is 286 g/mol. The second-order valence-corrected chi connectivity index (χ2v) is 6.73. The number of hydrogen-bond acceptors (Lipinski definition) is 3. The Bertz CT molecular complexity index is 492. The van der Waals surface area contributed by atoms with Crippen LogP contribution in [-0.4, -0.2) is 55.4 Å². The smallest absolute Gasteiger partial charge is 0.181 e. The van der Waals surface area contributed by atoms with Gasteiger partial charge in [-0.25, -0.2) is 0 Å². The van der Waals surface area contributed by atoms with Crippen molar-refractivity contribution in [2.75, 3.05) is 33.7 Å². The molecule has 1 aromatic rings. The highest BCUT2D eigenvalue weighted by Gasteiger charge is 2.28. The molecule has 1 saturated heterocycles. The fraction of sp³-hybridized carbons (Fsp3) is 0.611. The Balaban J connectivity index is 1.73. The summed E-state index contributed by atoms with van der Waals surface area (Å²) in [6.45, 7) is 2.91. The summed E-state index contributed by atoms with van der Waals surface area (Å²) < 4.78 is 0. The SMILES string of the molecule is CN1CCCN(C)C(C(=O)c2ccc(C3CCC3)cc2)C1. The predicted octanol–water partition coefficient (Wildman–Crippen LogP) is 2.77. The zero-order chi connectivity index (χ0) is 14.8. The van der Waals surface area contributed by atoms with Crippen molar-refractivity contribution < 1.29 is 4.79 Å². The van der Waals surface area contributed by atoms with E-state index in [1.165, 1.54) is 24.8 Å². The Kier molecular flexibility index (Phi) is 4.41. The minimum absolute atomic E-state index is 0.00736. The van der Waals surface area contributed by atoms with Crippen LogP contribution in [-0.2, 0) is 0 Å². The first-order valence-electron chi connectivity index (χ1n) is 8.18. The van der Waals surface area contributed by atoms with Gasteiger partial charge in [0.15, 0.2) is 5.78 Å². The fourth-order valence-electron chi connectivity index (χ4n) is 3.41. The molecule has 0 aromatic heterocycles. The standard InChI is InChI=1S/C18H26N2O/c1-19-11-4-12-20(2)17(13-19)18(21)16-9-7-15(8-10-16)14-5-3-6-14/h7-10,14,17H,3-6,11-13H2,1-2H3. The molecule has 0 amide bonds. The van der Waals surface area contributed by atoms with Crippen molar-refractivity contribution in [3.8, 4) is 0 Å². The number of likely N-dealkylation sites (N-methyl/N-ethyl adjacent to an activating group) is 2. The lowest BCUT2D eigenvalue weighted by molar-refractivity contribution is 0.0839. The number of Topliss-reactive ketones (excluding diaryl/α,β-unsaturated/α-hetero) is 1. The highest BCUT2D eigenvalue weighted by atomic mass is 16.1. The molecule has 1 saturated carbocycles. The van der Waals surface area contributed by atoms with Crippen LogP contribution in [0.2, 0.25) is 0 Å². The van der Waals surface area contributed by atoms with E-state index >= 15 is 0 Å². The monoisotopic (exact) mass is 286 g/mol. The number of carbonyl (C=O) groups excluding carboxylic acids is 1. The van der Waals surface area contributed by atoms with Crippen LogP contribution in [0.15, 0.2) is 24.3 Å². The molecule has 2 aliphatic rings. The highest BCUT2D eigenvalue weighted by molar-refractivity contribution is 6.00. The topological polar surface area (TPSA) is 23.6 Å². The molecule has 1 aliphatic heterocycles. The van der Waals surface area contributed by atoms with Gasteiger partial charge in [0.05, 0.1) is 6.04 Å². The van der Waals surface area contributed by atoms with Gasteiger partial charge in [-0.15, -0.1) is 0 Å². The summed E-state index contributed by atoms with van der Waals surface area (Å²) in [6, 6.07) is 8.39. The maximum absolute atomic E-state index is 12.8. The Labute approximate surface area is 127 Å². The molecule has 114 valence electrons. The van der Waals surface area contributed by atoms with E-state index in [0.717, 1.165) is 37.5 Å². The first kappa shape index (κ1) is 14.7. The lowest BCUT2D eigenvalue weighted by Crippen LogP contribution is -2.43. The number of benzene rings is 1. The van der Waals surface area contributed by atoms with Crippen LogP contribution in [0.25, 0.3) is 0 Å². The van der Waals surface area contributed by atoms with Crippen LogP contribution in [0, 0.1) is 0 Å². The molecule has 0 N–H and O–H groups in total. The van der Waals surface area contributed by atoms with E-state index in [0.29, 0.717) is 0 Å². The summed E-state index contributed by atoms with van der Waals surface area (Å²) in [5, 5.41) is 0. The molecule has 3 rings (SSSR count). The van der Waals surface area contributed by atoms with E-state index in [1.54, 1.807) is 0 Å². The predicted molar refractivity (Wildman–Crippen MR) is 85.9 cm³/mol. The average Bonchev–Trinajstić information content (AvgIpc) is 2.59. The van der Waals surface area contributed by atoms with Crippen molar-refractivity contribution in [3.63, 3.8) is 0 Å². The molecule has 0 radical (unpaired) electrons. The Morgan fingerprint density at radius 1 is 1.05 bits per heavy atom. The first-order valence-corrected chi connectivity index (χ1v) is 8.18. The maximum Gasteiger partial charge on any atom is 0.181 e. The maximum atomic E-state index is 12.8. The molecule has 21 heavy (non-hydrogen) atoms. The van der Waals surface area contributed by atoms with Crippen LogP contribution >= 0.6 is 0 Å². The molecule has 1 unspecified atom stereocenters. The van der Waals surface area contributed by atoms with Crippen molar-refractivity contribution in [3.05, 3.63) is 35.4 Å².